The average Bonchev–Trinajstić information content (AvgIpc) is 3.36. The number of carbonyl (C=O) groups excluding carboxylic acids is 1. The Bertz CT molecular complexity index is 1260. The van der Waals surface area contributed by atoms with Gasteiger partial charge in [0.05, 0.1) is 28.9 Å². The second-order valence-corrected chi connectivity index (χ2v) is 8.97. The third kappa shape index (κ3) is 4.13. The Morgan fingerprint density at radius 1 is 1.13 bits per heavy atom. The maximum absolute atomic E-state index is 13.2. The molecule has 1 N–H and O–H groups in total. The monoisotopic (exact) mass is 450 g/mol. The van der Waals surface area contributed by atoms with Gasteiger partial charge in [0.2, 0.25) is 10.0 Å². The Hall–Kier alpha value is -3.34. The quantitative estimate of drug-likeness (QED) is 0.660. The number of alkyl halides is 3. The standard InChI is InChI=1S/C20H17F3N4O3S/c1-31(29,30)27-10-7-13-11-14(3-5-17(13)27)19(28)25-16-12-15(20(21,22)23)4-6-18(16)26-9-2-8-24-26/h2-6,8-9,11-12H,7,10H2,1H3,(H,25,28). The molecule has 0 radical (unpaired) electrons. The van der Waals surface area contributed by atoms with Gasteiger partial charge in [0.1, 0.15) is 0 Å². The predicted octanol–water partition coefficient (Wildman–Crippen LogP) is 3.47. The lowest BCUT2D eigenvalue weighted by Crippen LogP contribution is -2.27. The average molecular weight is 450 g/mol. The molecule has 1 aromatic heterocycles. The zero-order valence-electron chi connectivity index (χ0n) is 16.2. The molecule has 4 rings (SSSR count). The van der Waals surface area contributed by atoms with Crippen molar-refractivity contribution in [3.8, 4) is 5.69 Å². The maximum atomic E-state index is 13.2. The molecule has 1 aliphatic rings. The van der Waals surface area contributed by atoms with Gasteiger partial charge in [-0.1, -0.05) is 0 Å². The van der Waals surface area contributed by atoms with Crippen LogP contribution in [0.4, 0.5) is 24.5 Å². The number of aromatic nitrogens is 2. The van der Waals surface area contributed by atoms with Crippen LogP contribution >= 0.6 is 0 Å². The number of sulfonamides is 1. The van der Waals surface area contributed by atoms with E-state index in [-0.39, 0.29) is 23.5 Å². The van der Waals surface area contributed by atoms with Gasteiger partial charge in [0.25, 0.3) is 5.91 Å². The van der Waals surface area contributed by atoms with E-state index in [1.165, 1.54) is 33.4 Å². The SMILES string of the molecule is CS(=O)(=O)N1CCc2cc(C(=O)Nc3cc(C(F)(F)F)ccc3-n3cccn3)ccc21. The van der Waals surface area contributed by atoms with Gasteiger partial charge in [-0.25, -0.2) is 13.1 Å². The molecule has 0 aliphatic carbocycles. The first-order valence-electron chi connectivity index (χ1n) is 9.17. The summed E-state index contributed by atoms with van der Waals surface area (Å²) in [7, 11) is -3.43. The lowest BCUT2D eigenvalue weighted by Gasteiger charge is -2.17. The molecule has 7 nitrogen and oxygen atoms in total. The fourth-order valence-electron chi connectivity index (χ4n) is 3.48. The van der Waals surface area contributed by atoms with Crippen LogP contribution in [0.25, 0.3) is 5.69 Å². The van der Waals surface area contributed by atoms with E-state index in [9.17, 15) is 26.4 Å². The normalized spacial score (nSPS) is 13.9. The summed E-state index contributed by atoms with van der Waals surface area (Å²) in [6, 6.07) is 9.14. The number of amides is 1. The predicted molar refractivity (Wildman–Crippen MR) is 109 cm³/mol. The minimum atomic E-state index is -4.58. The van der Waals surface area contributed by atoms with Gasteiger partial charge in [-0.15, -0.1) is 0 Å². The molecular formula is C20H17F3N4O3S. The van der Waals surface area contributed by atoms with E-state index in [0.29, 0.717) is 17.7 Å². The van der Waals surface area contributed by atoms with Gasteiger partial charge < -0.3 is 5.32 Å². The molecule has 0 unspecified atom stereocenters. The highest BCUT2D eigenvalue weighted by Gasteiger charge is 2.32. The van der Waals surface area contributed by atoms with Crippen molar-refractivity contribution >= 4 is 27.3 Å². The molecule has 31 heavy (non-hydrogen) atoms. The molecule has 0 saturated carbocycles. The molecule has 1 aliphatic heterocycles. The first-order valence-corrected chi connectivity index (χ1v) is 11.0. The Labute approximate surface area is 176 Å². The fraction of sp³-hybridized carbons (Fsp3) is 0.200. The Balaban J connectivity index is 1.67. The molecule has 2 aromatic carbocycles. The van der Waals surface area contributed by atoms with Crippen LogP contribution in [0.1, 0.15) is 21.5 Å². The zero-order chi connectivity index (χ0) is 22.4. The number of nitrogens with one attached hydrogen (secondary N) is 1. The van der Waals surface area contributed by atoms with Crippen molar-refractivity contribution in [3.05, 3.63) is 71.5 Å². The van der Waals surface area contributed by atoms with Crippen molar-refractivity contribution < 1.29 is 26.4 Å². The number of hydrogen-bond acceptors (Lipinski definition) is 4. The van der Waals surface area contributed by atoms with Crippen LogP contribution in [0, 0.1) is 0 Å². The molecule has 3 aromatic rings. The van der Waals surface area contributed by atoms with Crippen molar-refractivity contribution in [1.29, 1.82) is 0 Å². The highest BCUT2D eigenvalue weighted by molar-refractivity contribution is 7.92. The summed E-state index contributed by atoms with van der Waals surface area (Å²) in [5.74, 6) is -0.617. The van der Waals surface area contributed by atoms with Crippen molar-refractivity contribution in [2.75, 3.05) is 22.4 Å². The Kier molecular flexibility index (Phi) is 5.00. The zero-order valence-corrected chi connectivity index (χ0v) is 17.0. The van der Waals surface area contributed by atoms with Crippen LogP contribution in [0.15, 0.2) is 54.9 Å². The third-order valence-corrected chi connectivity index (χ3v) is 6.10. The van der Waals surface area contributed by atoms with Crippen LogP contribution in [0.2, 0.25) is 0 Å². The minimum Gasteiger partial charge on any atom is -0.320 e. The molecule has 0 atom stereocenters. The van der Waals surface area contributed by atoms with E-state index in [0.717, 1.165) is 18.4 Å². The summed E-state index contributed by atoms with van der Waals surface area (Å²) in [4.78, 5) is 12.8. The highest BCUT2D eigenvalue weighted by Crippen LogP contribution is 2.34. The molecule has 0 saturated heterocycles. The van der Waals surface area contributed by atoms with Gasteiger partial charge >= 0.3 is 6.18 Å². The molecule has 2 heterocycles. The lowest BCUT2D eigenvalue weighted by molar-refractivity contribution is -0.137. The molecule has 11 heteroatoms. The van der Waals surface area contributed by atoms with Gasteiger partial charge in [-0.3, -0.25) is 9.10 Å². The fourth-order valence-corrected chi connectivity index (χ4v) is 4.43. The van der Waals surface area contributed by atoms with Crippen LogP contribution in [-0.4, -0.2) is 36.9 Å². The van der Waals surface area contributed by atoms with E-state index in [1.807, 2.05) is 0 Å². The first kappa shape index (κ1) is 20.9. The van der Waals surface area contributed by atoms with Gasteiger partial charge in [0.15, 0.2) is 0 Å². The second kappa shape index (κ2) is 7.41. The van der Waals surface area contributed by atoms with Crippen LogP contribution < -0.4 is 9.62 Å². The Morgan fingerprint density at radius 3 is 2.52 bits per heavy atom. The highest BCUT2D eigenvalue weighted by atomic mass is 32.2. The number of hydrogen-bond donors (Lipinski definition) is 1. The lowest BCUT2D eigenvalue weighted by atomic mass is 10.1. The van der Waals surface area contributed by atoms with E-state index < -0.39 is 27.7 Å². The summed E-state index contributed by atoms with van der Waals surface area (Å²) in [6.45, 7) is 0.274. The summed E-state index contributed by atoms with van der Waals surface area (Å²) in [5, 5.41) is 6.55. The molecule has 0 spiro atoms. The van der Waals surface area contributed by atoms with E-state index in [1.54, 1.807) is 18.3 Å². The topological polar surface area (TPSA) is 84.3 Å². The van der Waals surface area contributed by atoms with Gasteiger partial charge in [0, 0.05) is 24.5 Å². The number of halogens is 3. The Morgan fingerprint density at radius 2 is 1.87 bits per heavy atom. The van der Waals surface area contributed by atoms with Crippen molar-refractivity contribution in [2.24, 2.45) is 0 Å². The van der Waals surface area contributed by atoms with Crippen molar-refractivity contribution in [3.63, 3.8) is 0 Å². The van der Waals surface area contributed by atoms with Crippen LogP contribution in [0.3, 0.4) is 0 Å². The second-order valence-electron chi connectivity index (χ2n) is 7.06. The minimum absolute atomic E-state index is 0.0539. The van der Waals surface area contributed by atoms with Crippen molar-refractivity contribution in [1.82, 2.24) is 9.78 Å². The van der Waals surface area contributed by atoms with Gasteiger partial charge in [-0.2, -0.15) is 18.3 Å². The smallest absolute Gasteiger partial charge is 0.320 e. The number of anilines is 2. The number of benzene rings is 2. The largest absolute Gasteiger partial charge is 0.416 e. The maximum Gasteiger partial charge on any atom is 0.416 e. The molecule has 162 valence electrons. The van der Waals surface area contributed by atoms with Crippen LogP contribution in [-0.2, 0) is 22.6 Å². The number of fused-ring (bicyclic) bond motifs is 1. The van der Waals surface area contributed by atoms with Crippen LogP contribution in [0.5, 0.6) is 0 Å². The number of carbonyl (C=O) groups is 1. The number of rotatable bonds is 4. The number of nitrogens with zero attached hydrogens (tertiary/aromatic N) is 3. The van der Waals surface area contributed by atoms with E-state index in [2.05, 4.69) is 10.4 Å². The molecule has 1 amide bonds. The van der Waals surface area contributed by atoms with Gasteiger partial charge in [-0.05, 0) is 54.4 Å². The summed E-state index contributed by atoms with van der Waals surface area (Å²) in [5.41, 5.74) is 0.691. The van der Waals surface area contributed by atoms with Crippen molar-refractivity contribution in [2.45, 2.75) is 12.6 Å². The van der Waals surface area contributed by atoms with E-state index in [4.69, 9.17) is 0 Å². The molecular weight excluding hydrogens is 433 g/mol. The third-order valence-electron chi connectivity index (χ3n) is 4.92. The summed E-state index contributed by atoms with van der Waals surface area (Å²) in [6.07, 6.45) is -0.0195. The van der Waals surface area contributed by atoms with E-state index >= 15 is 0 Å². The first-order chi connectivity index (χ1) is 14.5. The summed E-state index contributed by atoms with van der Waals surface area (Å²) < 4.78 is 65.9. The molecule has 0 bridgehead atoms. The molecule has 0 fully saturated rings. The summed E-state index contributed by atoms with van der Waals surface area (Å²) >= 11 is 0.